The molecule has 144 valence electrons. The number of amides is 3. The fourth-order valence-corrected chi connectivity index (χ4v) is 2.38. The van der Waals surface area contributed by atoms with Gasteiger partial charge < -0.3 is 21.1 Å². The first kappa shape index (κ1) is 21.5. The number of hydrogen-bond acceptors (Lipinski definition) is 4. The third-order valence-corrected chi connectivity index (χ3v) is 3.81. The van der Waals surface area contributed by atoms with Gasteiger partial charge in [0.05, 0.1) is 6.42 Å². The molecule has 0 aromatic heterocycles. The molecule has 0 heterocycles. The van der Waals surface area contributed by atoms with E-state index in [0.29, 0.717) is 6.54 Å². The van der Waals surface area contributed by atoms with E-state index in [1.165, 1.54) is 6.42 Å². The Hall–Kier alpha value is -2.57. The quantitative estimate of drug-likeness (QED) is 0.495. The Bertz CT molecular complexity index is 563. The van der Waals surface area contributed by atoms with Crippen molar-refractivity contribution in [1.29, 1.82) is 0 Å². The summed E-state index contributed by atoms with van der Waals surface area (Å²) >= 11 is 0. The second-order valence-electron chi connectivity index (χ2n) is 6.13. The second-order valence-corrected chi connectivity index (χ2v) is 6.13. The number of primary amides is 1. The van der Waals surface area contributed by atoms with Crippen LogP contribution in [0.2, 0.25) is 0 Å². The van der Waals surface area contributed by atoms with Gasteiger partial charge in [-0.3, -0.25) is 9.59 Å². The summed E-state index contributed by atoms with van der Waals surface area (Å²) in [5.74, 6) is -1.10. The van der Waals surface area contributed by atoms with E-state index in [9.17, 15) is 14.4 Å². The lowest BCUT2D eigenvalue weighted by Gasteiger charge is -2.17. The van der Waals surface area contributed by atoms with Crippen LogP contribution in [0.15, 0.2) is 30.3 Å². The average molecular weight is 363 g/mol. The molecule has 0 spiro atoms. The summed E-state index contributed by atoms with van der Waals surface area (Å²) in [5.41, 5.74) is 6.00. The highest BCUT2D eigenvalue weighted by Crippen LogP contribution is 2.03. The highest BCUT2D eigenvalue weighted by molar-refractivity contribution is 5.90. The van der Waals surface area contributed by atoms with Gasteiger partial charge in [-0.25, -0.2) is 4.79 Å². The van der Waals surface area contributed by atoms with Crippen LogP contribution in [0.5, 0.6) is 0 Å². The Balaban J connectivity index is 2.40. The zero-order valence-electron chi connectivity index (χ0n) is 15.3. The molecule has 0 aliphatic carbocycles. The van der Waals surface area contributed by atoms with Gasteiger partial charge in [0.2, 0.25) is 11.8 Å². The second kappa shape index (κ2) is 12.7. The summed E-state index contributed by atoms with van der Waals surface area (Å²) < 4.78 is 5.08. The van der Waals surface area contributed by atoms with Crippen molar-refractivity contribution in [3.8, 4) is 0 Å². The molecule has 0 saturated carbocycles. The van der Waals surface area contributed by atoms with Crippen LogP contribution in [0.3, 0.4) is 0 Å². The average Bonchev–Trinajstić information content (AvgIpc) is 2.62. The number of benzene rings is 1. The van der Waals surface area contributed by atoms with Gasteiger partial charge in [-0.15, -0.1) is 0 Å². The Morgan fingerprint density at radius 1 is 1.08 bits per heavy atom. The van der Waals surface area contributed by atoms with Crippen molar-refractivity contribution in [3.63, 3.8) is 0 Å². The first-order valence-electron chi connectivity index (χ1n) is 9.06. The van der Waals surface area contributed by atoms with Crippen molar-refractivity contribution in [1.82, 2.24) is 10.6 Å². The lowest BCUT2D eigenvalue weighted by molar-refractivity contribution is -0.127. The third-order valence-electron chi connectivity index (χ3n) is 3.81. The fraction of sp³-hybridized carbons (Fsp3) is 0.526. The molecule has 0 aliphatic heterocycles. The van der Waals surface area contributed by atoms with Crippen LogP contribution in [0.4, 0.5) is 4.79 Å². The lowest BCUT2D eigenvalue weighted by atomic mass is 10.1. The van der Waals surface area contributed by atoms with E-state index in [-0.39, 0.29) is 13.0 Å². The maximum atomic E-state index is 12.2. The minimum Gasteiger partial charge on any atom is -0.445 e. The number of alkyl carbamates (subject to hydrolysis) is 1. The molecule has 7 heteroatoms. The van der Waals surface area contributed by atoms with E-state index in [0.717, 1.165) is 31.2 Å². The molecule has 0 radical (unpaired) electrons. The standard InChI is InChI=1S/C19H29N3O4/c1-2-3-4-5-9-12-21-18(24)16(13-17(20)23)22-19(25)26-14-15-10-7-6-8-11-15/h6-8,10-11,16H,2-5,9,12-14H2,1H3,(H2,20,23)(H,21,24)(H,22,25)/t16-/m0/s1. The molecule has 1 aromatic rings. The summed E-state index contributed by atoms with van der Waals surface area (Å²) in [7, 11) is 0. The molecular formula is C19H29N3O4. The largest absolute Gasteiger partial charge is 0.445 e. The van der Waals surface area contributed by atoms with Crippen molar-refractivity contribution >= 4 is 17.9 Å². The molecule has 0 saturated heterocycles. The van der Waals surface area contributed by atoms with Crippen LogP contribution >= 0.6 is 0 Å². The van der Waals surface area contributed by atoms with Crippen LogP contribution in [-0.2, 0) is 20.9 Å². The van der Waals surface area contributed by atoms with E-state index in [1.807, 2.05) is 30.3 Å². The number of rotatable bonds is 12. The predicted molar refractivity (Wildman–Crippen MR) is 99.1 cm³/mol. The number of hydrogen-bond donors (Lipinski definition) is 3. The normalized spacial score (nSPS) is 11.4. The van der Waals surface area contributed by atoms with Gasteiger partial charge in [0.1, 0.15) is 12.6 Å². The van der Waals surface area contributed by atoms with Crippen LogP contribution in [-0.4, -0.2) is 30.5 Å². The Morgan fingerprint density at radius 2 is 1.77 bits per heavy atom. The van der Waals surface area contributed by atoms with Gasteiger partial charge in [-0.1, -0.05) is 62.9 Å². The van der Waals surface area contributed by atoms with Crippen LogP contribution in [0.1, 0.15) is 51.0 Å². The summed E-state index contributed by atoms with van der Waals surface area (Å²) in [6.07, 6.45) is 4.30. The van der Waals surface area contributed by atoms with Crippen LogP contribution < -0.4 is 16.4 Å². The molecular weight excluding hydrogens is 334 g/mol. The zero-order valence-corrected chi connectivity index (χ0v) is 15.3. The highest BCUT2D eigenvalue weighted by atomic mass is 16.5. The van der Waals surface area contributed by atoms with Crippen molar-refractivity contribution in [3.05, 3.63) is 35.9 Å². The lowest BCUT2D eigenvalue weighted by Crippen LogP contribution is -2.48. The summed E-state index contributed by atoms with van der Waals surface area (Å²) in [5, 5.41) is 5.13. The predicted octanol–water partition coefficient (Wildman–Crippen LogP) is 2.24. The van der Waals surface area contributed by atoms with E-state index < -0.39 is 23.9 Å². The monoisotopic (exact) mass is 363 g/mol. The van der Waals surface area contributed by atoms with Gasteiger partial charge in [0.15, 0.2) is 0 Å². The fourth-order valence-electron chi connectivity index (χ4n) is 2.38. The molecule has 7 nitrogen and oxygen atoms in total. The summed E-state index contributed by atoms with van der Waals surface area (Å²) in [6.45, 7) is 2.71. The smallest absolute Gasteiger partial charge is 0.408 e. The third kappa shape index (κ3) is 9.66. The molecule has 26 heavy (non-hydrogen) atoms. The Kier molecular flexibility index (Phi) is 10.5. The van der Waals surface area contributed by atoms with Crippen LogP contribution in [0.25, 0.3) is 0 Å². The molecule has 0 bridgehead atoms. The van der Waals surface area contributed by atoms with E-state index in [4.69, 9.17) is 10.5 Å². The number of carbonyl (C=O) groups is 3. The summed E-state index contributed by atoms with van der Waals surface area (Å²) in [4.78, 5) is 35.3. The van der Waals surface area contributed by atoms with Gasteiger partial charge in [0.25, 0.3) is 0 Å². The Labute approximate surface area is 154 Å². The van der Waals surface area contributed by atoms with E-state index >= 15 is 0 Å². The number of nitrogens with two attached hydrogens (primary N) is 1. The van der Waals surface area contributed by atoms with Crippen molar-refractivity contribution in [2.24, 2.45) is 5.73 Å². The number of unbranched alkanes of at least 4 members (excludes halogenated alkanes) is 4. The first-order chi connectivity index (χ1) is 12.5. The minimum atomic E-state index is -1.04. The van der Waals surface area contributed by atoms with Gasteiger partial charge in [-0.05, 0) is 12.0 Å². The van der Waals surface area contributed by atoms with Crippen LogP contribution in [0, 0.1) is 0 Å². The summed E-state index contributed by atoms with van der Waals surface area (Å²) in [6, 6.07) is 8.13. The number of ether oxygens (including phenoxy) is 1. The van der Waals surface area contributed by atoms with Crippen molar-refractivity contribution in [2.45, 2.75) is 58.1 Å². The molecule has 1 aromatic carbocycles. The number of carbonyl (C=O) groups excluding carboxylic acids is 3. The Morgan fingerprint density at radius 3 is 2.42 bits per heavy atom. The molecule has 4 N–H and O–H groups in total. The molecule has 0 unspecified atom stereocenters. The maximum absolute atomic E-state index is 12.2. The van der Waals surface area contributed by atoms with Gasteiger partial charge in [-0.2, -0.15) is 0 Å². The molecule has 1 atom stereocenters. The van der Waals surface area contributed by atoms with E-state index in [1.54, 1.807) is 0 Å². The highest BCUT2D eigenvalue weighted by Gasteiger charge is 2.23. The topological polar surface area (TPSA) is 111 Å². The first-order valence-corrected chi connectivity index (χ1v) is 9.06. The van der Waals surface area contributed by atoms with E-state index in [2.05, 4.69) is 17.6 Å². The zero-order chi connectivity index (χ0) is 19.2. The van der Waals surface area contributed by atoms with Gasteiger partial charge >= 0.3 is 6.09 Å². The molecule has 1 rings (SSSR count). The van der Waals surface area contributed by atoms with Crippen molar-refractivity contribution < 1.29 is 19.1 Å². The molecule has 0 fully saturated rings. The maximum Gasteiger partial charge on any atom is 0.408 e. The molecule has 3 amide bonds. The number of nitrogens with one attached hydrogen (secondary N) is 2. The van der Waals surface area contributed by atoms with Gasteiger partial charge in [0, 0.05) is 6.54 Å². The molecule has 0 aliphatic rings. The van der Waals surface area contributed by atoms with Crippen molar-refractivity contribution in [2.75, 3.05) is 6.54 Å². The minimum absolute atomic E-state index is 0.0784. The SMILES string of the molecule is CCCCCCCNC(=O)[C@H](CC(N)=O)NC(=O)OCc1ccccc1.